The monoisotopic (exact) mass is 304 g/mol. The SMILES string of the molecule is Cc1cc(CC(=O)N2CCOC(c3ccc(F)cc3)C2)on1. The number of amides is 1. The van der Waals surface area contributed by atoms with Crippen LogP contribution in [0.5, 0.6) is 0 Å². The second-order valence-electron chi connectivity index (χ2n) is 5.36. The van der Waals surface area contributed by atoms with Crippen LogP contribution < -0.4 is 0 Å². The van der Waals surface area contributed by atoms with Crippen molar-refractivity contribution in [1.82, 2.24) is 10.1 Å². The summed E-state index contributed by atoms with van der Waals surface area (Å²) in [4.78, 5) is 14.1. The summed E-state index contributed by atoms with van der Waals surface area (Å²) >= 11 is 0. The molecule has 0 bridgehead atoms. The number of benzene rings is 1. The van der Waals surface area contributed by atoms with E-state index < -0.39 is 0 Å². The summed E-state index contributed by atoms with van der Waals surface area (Å²) in [5, 5.41) is 3.78. The van der Waals surface area contributed by atoms with Gasteiger partial charge in [-0.1, -0.05) is 17.3 Å². The molecule has 5 nitrogen and oxygen atoms in total. The summed E-state index contributed by atoms with van der Waals surface area (Å²) in [6.45, 7) is 3.28. The molecule has 1 amide bonds. The van der Waals surface area contributed by atoms with Gasteiger partial charge in [0.15, 0.2) is 0 Å². The second kappa shape index (κ2) is 6.27. The highest BCUT2D eigenvalue weighted by atomic mass is 19.1. The van der Waals surface area contributed by atoms with Gasteiger partial charge in [0.1, 0.15) is 17.7 Å². The summed E-state index contributed by atoms with van der Waals surface area (Å²) in [5.41, 5.74) is 1.63. The van der Waals surface area contributed by atoms with E-state index in [1.165, 1.54) is 12.1 Å². The van der Waals surface area contributed by atoms with Crippen molar-refractivity contribution in [3.8, 4) is 0 Å². The summed E-state index contributed by atoms with van der Waals surface area (Å²) in [6.07, 6.45) is -0.0356. The Hall–Kier alpha value is -2.21. The molecule has 1 unspecified atom stereocenters. The third kappa shape index (κ3) is 3.33. The van der Waals surface area contributed by atoms with Gasteiger partial charge in [0.05, 0.1) is 25.3 Å². The zero-order valence-electron chi connectivity index (χ0n) is 12.3. The van der Waals surface area contributed by atoms with Crippen molar-refractivity contribution in [2.24, 2.45) is 0 Å². The van der Waals surface area contributed by atoms with E-state index in [4.69, 9.17) is 9.26 Å². The molecule has 0 spiro atoms. The lowest BCUT2D eigenvalue weighted by molar-refractivity contribution is -0.138. The zero-order chi connectivity index (χ0) is 15.5. The molecule has 1 aliphatic heterocycles. The Morgan fingerprint density at radius 2 is 2.18 bits per heavy atom. The van der Waals surface area contributed by atoms with Crippen molar-refractivity contribution in [2.45, 2.75) is 19.4 Å². The van der Waals surface area contributed by atoms with Gasteiger partial charge in [0.2, 0.25) is 5.91 Å². The van der Waals surface area contributed by atoms with Crippen LogP contribution in [0.25, 0.3) is 0 Å². The number of aromatic nitrogens is 1. The first-order valence-corrected chi connectivity index (χ1v) is 7.19. The number of morpholine rings is 1. The first kappa shape index (κ1) is 14.7. The van der Waals surface area contributed by atoms with Gasteiger partial charge in [-0.15, -0.1) is 0 Å². The third-order valence-electron chi connectivity index (χ3n) is 3.66. The van der Waals surface area contributed by atoms with Crippen LogP contribution >= 0.6 is 0 Å². The number of carbonyl (C=O) groups excluding carboxylic acids is 1. The van der Waals surface area contributed by atoms with Crippen molar-refractivity contribution in [3.05, 3.63) is 53.2 Å². The van der Waals surface area contributed by atoms with E-state index in [2.05, 4.69) is 5.16 Å². The number of aryl methyl sites for hydroxylation is 1. The van der Waals surface area contributed by atoms with E-state index in [0.717, 1.165) is 11.3 Å². The highest BCUT2D eigenvalue weighted by Crippen LogP contribution is 2.23. The molecule has 0 N–H and O–H groups in total. The maximum atomic E-state index is 13.0. The molecule has 0 radical (unpaired) electrons. The summed E-state index contributed by atoms with van der Waals surface area (Å²) in [7, 11) is 0. The molecule has 116 valence electrons. The molecule has 6 heteroatoms. The quantitative estimate of drug-likeness (QED) is 0.873. The van der Waals surface area contributed by atoms with Crippen molar-refractivity contribution >= 4 is 5.91 Å². The van der Waals surface area contributed by atoms with E-state index in [0.29, 0.717) is 25.5 Å². The van der Waals surface area contributed by atoms with E-state index >= 15 is 0 Å². The Balaban J connectivity index is 1.64. The van der Waals surface area contributed by atoms with E-state index in [9.17, 15) is 9.18 Å². The molecule has 1 aliphatic rings. The minimum absolute atomic E-state index is 0.0217. The average molecular weight is 304 g/mol. The fraction of sp³-hybridized carbons (Fsp3) is 0.375. The number of carbonyl (C=O) groups is 1. The fourth-order valence-corrected chi connectivity index (χ4v) is 2.52. The Morgan fingerprint density at radius 1 is 1.41 bits per heavy atom. The zero-order valence-corrected chi connectivity index (χ0v) is 12.3. The van der Waals surface area contributed by atoms with Gasteiger partial charge in [-0.05, 0) is 24.6 Å². The molecule has 2 heterocycles. The molecule has 1 atom stereocenters. The first-order valence-electron chi connectivity index (χ1n) is 7.19. The van der Waals surface area contributed by atoms with E-state index in [1.807, 2.05) is 6.92 Å². The molecular weight excluding hydrogens is 287 g/mol. The van der Waals surface area contributed by atoms with Gasteiger partial charge in [-0.2, -0.15) is 0 Å². The fourth-order valence-electron chi connectivity index (χ4n) is 2.52. The molecule has 1 aromatic carbocycles. The summed E-state index contributed by atoms with van der Waals surface area (Å²) in [6, 6.07) is 7.94. The molecule has 22 heavy (non-hydrogen) atoms. The van der Waals surface area contributed by atoms with Crippen molar-refractivity contribution in [2.75, 3.05) is 19.7 Å². The van der Waals surface area contributed by atoms with Crippen LogP contribution in [-0.2, 0) is 16.0 Å². The Morgan fingerprint density at radius 3 is 2.86 bits per heavy atom. The van der Waals surface area contributed by atoms with Gasteiger partial charge in [0, 0.05) is 12.6 Å². The van der Waals surface area contributed by atoms with Crippen molar-refractivity contribution in [3.63, 3.8) is 0 Å². The predicted molar refractivity (Wildman–Crippen MR) is 76.6 cm³/mol. The van der Waals surface area contributed by atoms with Gasteiger partial charge in [-0.3, -0.25) is 4.79 Å². The maximum absolute atomic E-state index is 13.0. The van der Waals surface area contributed by atoms with Gasteiger partial charge in [-0.25, -0.2) is 4.39 Å². The topological polar surface area (TPSA) is 55.6 Å². The smallest absolute Gasteiger partial charge is 0.230 e. The number of ether oxygens (including phenoxy) is 1. The van der Waals surface area contributed by atoms with Gasteiger partial charge < -0.3 is 14.2 Å². The van der Waals surface area contributed by atoms with Crippen LogP contribution in [0.1, 0.15) is 23.1 Å². The van der Waals surface area contributed by atoms with Gasteiger partial charge >= 0.3 is 0 Å². The molecule has 0 aliphatic carbocycles. The molecule has 1 aromatic heterocycles. The highest BCUT2D eigenvalue weighted by molar-refractivity contribution is 5.78. The standard InChI is InChI=1S/C16H17FN2O3/c1-11-8-14(22-18-11)9-16(20)19-6-7-21-15(10-19)12-2-4-13(17)5-3-12/h2-5,8,15H,6-7,9-10H2,1H3. The summed E-state index contributed by atoms with van der Waals surface area (Å²) < 4.78 is 23.7. The van der Waals surface area contributed by atoms with Crippen LogP contribution in [-0.4, -0.2) is 35.7 Å². The predicted octanol–water partition coefficient (Wildman–Crippen LogP) is 2.26. The van der Waals surface area contributed by atoms with Gasteiger partial charge in [0.25, 0.3) is 0 Å². The maximum Gasteiger partial charge on any atom is 0.230 e. The molecule has 1 saturated heterocycles. The van der Waals surface area contributed by atoms with E-state index in [1.54, 1.807) is 23.1 Å². The van der Waals surface area contributed by atoms with E-state index in [-0.39, 0.29) is 24.2 Å². The molecule has 1 fully saturated rings. The minimum atomic E-state index is -0.284. The van der Waals surface area contributed by atoms with Crippen LogP contribution in [0.4, 0.5) is 4.39 Å². The minimum Gasteiger partial charge on any atom is -0.370 e. The first-order chi connectivity index (χ1) is 10.6. The average Bonchev–Trinajstić information content (AvgIpc) is 2.93. The van der Waals surface area contributed by atoms with Crippen molar-refractivity contribution < 1.29 is 18.4 Å². The molecular formula is C16H17FN2O3. The molecule has 0 saturated carbocycles. The number of rotatable bonds is 3. The molecule has 2 aromatic rings. The lowest BCUT2D eigenvalue weighted by atomic mass is 10.1. The van der Waals surface area contributed by atoms with Crippen LogP contribution in [0, 0.1) is 12.7 Å². The van der Waals surface area contributed by atoms with Crippen LogP contribution in [0.3, 0.4) is 0 Å². The number of halogens is 1. The lowest BCUT2D eigenvalue weighted by Gasteiger charge is -2.33. The summed E-state index contributed by atoms with van der Waals surface area (Å²) in [5.74, 6) is 0.257. The Labute approximate surface area is 127 Å². The van der Waals surface area contributed by atoms with Crippen LogP contribution in [0.2, 0.25) is 0 Å². The molecule has 3 rings (SSSR count). The van der Waals surface area contributed by atoms with Crippen molar-refractivity contribution in [1.29, 1.82) is 0 Å². The number of hydrogen-bond acceptors (Lipinski definition) is 4. The third-order valence-corrected chi connectivity index (χ3v) is 3.66. The largest absolute Gasteiger partial charge is 0.370 e. The number of nitrogens with zero attached hydrogens (tertiary/aromatic N) is 2. The number of hydrogen-bond donors (Lipinski definition) is 0. The highest BCUT2D eigenvalue weighted by Gasteiger charge is 2.26. The Kier molecular flexibility index (Phi) is 4.20. The lowest BCUT2D eigenvalue weighted by Crippen LogP contribution is -2.42. The van der Waals surface area contributed by atoms with Crippen LogP contribution in [0.15, 0.2) is 34.9 Å². The second-order valence-corrected chi connectivity index (χ2v) is 5.36. The Bertz CT molecular complexity index is 654. The normalized spacial score (nSPS) is 18.5.